The van der Waals surface area contributed by atoms with Gasteiger partial charge in [0, 0.05) is 5.25 Å². The average molecular weight is 310 g/mol. The predicted molar refractivity (Wildman–Crippen MR) is 98.0 cm³/mol. The van der Waals surface area contributed by atoms with Crippen molar-refractivity contribution in [3.63, 3.8) is 0 Å². The summed E-state index contributed by atoms with van der Waals surface area (Å²) in [5.41, 5.74) is 2.19. The van der Waals surface area contributed by atoms with Gasteiger partial charge >= 0.3 is 0 Å². The van der Waals surface area contributed by atoms with E-state index >= 15 is 0 Å². The number of para-hydroxylation sites is 2. The molecule has 0 aromatic heterocycles. The number of anilines is 1. The van der Waals surface area contributed by atoms with E-state index in [0.29, 0.717) is 5.25 Å². The molecule has 1 aliphatic rings. The molecule has 0 radical (unpaired) electrons. The Bertz CT molecular complexity index is 577. The number of hydrogen-bond acceptors (Lipinski definition) is 2. The Morgan fingerprint density at radius 2 is 1.50 bits per heavy atom. The average Bonchev–Trinajstić information content (AvgIpc) is 2.61. The summed E-state index contributed by atoms with van der Waals surface area (Å²) < 4.78 is 2.23. The molecular weight excluding hydrogens is 288 g/mol. The molecule has 2 nitrogen and oxygen atoms in total. The van der Waals surface area contributed by atoms with Gasteiger partial charge in [-0.05, 0) is 49.1 Å². The molecule has 114 valence electrons. The summed E-state index contributed by atoms with van der Waals surface area (Å²) in [6.45, 7) is 0. The molecule has 0 aliphatic heterocycles. The highest BCUT2D eigenvalue weighted by atomic mass is 32.2. The third kappa shape index (κ3) is 4.38. The van der Waals surface area contributed by atoms with Crippen LogP contribution in [-0.4, -0.2) is 11.6 Å². The van der Waals surface area contributed by atoms with Crippen LogP contribution in [0.15, 0.2) is 65.7 Å². The van der Waals surface area contributed by atoms with Gasteiger partial charge in [0.1, 0.15) is 6.34 Å². The molecule has 2 aromatic carbocycles. The molecule has 0 spiro atoms. The zero-order valence-corrected chi connectivity index (χ0v) is 13.6. The summed E-state index contributed by atoms with van der Waals surface area (Å²) in [4.78, 5) is 4.63. The number of hydrogen-bond donors (Lipinski definition) is 0. The van der Waals surface area contributed by atoms with Gasteiger partial charge in [0.05, 0.1) is 11.4 Å². The van der Waals surface area contributed by atoms with Crippen LogP contribution in [0.2, 0.25) is 0 Å². The van der Waals surface area contributed by atoms with Gasteiger partial charge in [-0.15, -0.1) is 0 Å². The lowest BCUT2D eigenvalue weighted by molar-refractivity contribution is 0.516. The molecule has 1 fully saturated rings. The maximum atomic E-state index is 4.63. The second kappa shape index (κ2) is 8.04. The zero-order valence-electron chi connectivity index (χ0n) is 12.8. The first kappa shape index (κ1) is 15.2. The highest BCUT2D eigenvalue weighted by Gasteiger charge is 2.17. The van der Waals surface area contributed by atoms with Crippen molar-refractivity contribution in [2.24, 2.45) is 4.99 Å². The lowest BCUT2D eigenvalue weighted by Gasteiger charge is -2.27. The summed E-state index contributed by atoms with van der Waals surface area (Å²) >= 11 is 1.92. The highest BCUT2D eigenvalue weighted by Crippen LogP contribution is 2.33. The molecule has 2 aromatic rings. The normalized spacial score (nSPS) is 16.0. The fraction of sp³-hybridized carbons (Fsp3) is 0.316. The molecule has 0 heterocycles. The van der Waals surface area contributed by atoms with Crippen molar-refractivity contribution in [2.45, 2.75) is 37.4 Å². The summed E-state index contributed by atoms with van der Waals surface area (Å²) in [5, 5.41) is 0.705. The molecule has 1 aliphatic carbocycles. The lowest BCUT2D eigenvalue weighted by atomic mass is 10.0. The minimum absolute atomic E-state index is 0.705. The largest absolute Gasteiger partial charge is 0.274 e. The van der Waals surface area contributed by atoms with E-state index in [0.717, 1.165) is 5.69 Å². The van der Waals surface area contributed by atoms with Gasteiger partial charge in [-0.3, -0.25) is 4.31 Å². The van der Waals surface area contributed by atoms with Crippen LogP contribution in [0, 0.1) is 0 Å². The standard InChI is InChI=1S/C19H22N2S/c1-4-10-17(11-5-1)20-16-21(18-12-6-2-7-13-18)22-19-14-8-3-9-15-19/h1-2,4-7,10-13,16,19H,3,8-9,14-15H2/b20-16+. The topological polar surface area (TPSA) is 15.6 Å². The van der Waals surface area contributed by atoms with Crippen molar-refractivity contribution in [1.82, 2.24) is 0 Å². The van der Waals surface area contributed by atoms with Gasteiger partial charge in [-0.25, -0.2) is 4.99 Å². The number of benzene rings is 2. The molecule has 0 bridgehead atoms. The van der Waals surface area contributed by atoms with E-state index in [2.05, 4.69) is 39.6 Å². The maximum absolute atomic E-state index is 4.63. The van der Waals surface area contributed by atoms with E-state index in [1.54, 1.807) is 0 Å². The summed E-state index contributed by atoms with van der Waals surface area (Å²) in [5.74, 6) is 0. The summed E-state index contributed by atoms with van der Waals surface area (Å²) in [6, 6.07) is 20.6. The Hall–Kier alpha value is -1.74. The summed E-state index contributed by atoms with van der Waals surface area (Å²) in [7, 11) is 0. The van der Waals surface area contributed by atoms with E-state index in [-0.39, 0.29) is 0 Å². The third-order valence-corrected chi connectivity index (χ3v) is 5.20. The smallest absolute Gasteiger partial charge is 0.106 e. The molecule has 3 rings (SSSR count). The van der Waals surface area contributed by atoms with Crippen LogP contribution < -0.4 is 4.31 Å². The van der Waals surface area contributed by atoms with E-state index in [4.69, 9.17) is 0 Å². The van der Waals surface area contributed by atoms with Crippen molar-refractivity contribution >= 4 is 29.7 Å². The quantitative estimate of drug-likeness (QED) is 0.392. The first-order chi connectivity index (χ1) is 10.9. The lowest BCUT2D eigenvalue weighted by Crippen LogP contribution is -2.19. The molecule has 3 heteroatoms. The Balaban J connectivity index is 1.75. The maximum Gasteiger partial charge on any atom is 0.106 e. The van der Waals surface area contributed by atoms with Crippen molar-refractivity contribution in [1.29, 1.82) is 0 Å². The summed E-state index contributed by atoms with van der Waals surface area (Å²) in [6.07, 6.45) is 8.69. The molecule has 0 unspecified atom stereocenters. The fourth-order valence-corrected chi connectivity index (χ4v) is 3.90. The zero-order chi connectivity index (χ0) is 15.0. The SMILES string of the molecule is C(=N\c1ccccc1)/N(SC1CCCCC1)c1ccccc1. The van der Waals surface area contributed by atoms with Crippen LogP contribution >= 0.6 is 11.9 Å². The number of rotatable bonds is 5. The molecule has 22 heavy (non-hydrogen) atoms. The minimum atomic E-state index is 0.705. The molecule has 0 saturated heterocycles. The third-order valence-electron chi connectivity index (χ3n) is 3.89. The van der Waals surface area contributed by atoms with Crippen LogP contribution in [0.3, 0.4) is 0 Å². The molecular formula is C19H22N2S. The van der Waals surface area contributed by atoms with E-state index in [1.807, 2.05) is 48.6 Å². The Kier molecular flexibility index (Phi) is 5.54. The van der Waals surface area contributed by atoms with Crippen LogP contribution in [-0.2, 0) is 0 Å². The number of aliphatic imine (C=N–C) groups is 1. The molecule has 1 saturated carbocycles. The van der Waals surface area contributed by atoms with Crippen molar-refractivity contribution < 1.29 is 0 Å². The monoisotopic (exact) mass is 310 g/mol. The van der Waals surface area contributed by atoms with Crippen LogP contribution in [0.5, 0.6) is 0 Å². The fourth-order valence-electron chi connectivity index (χ4n) is 2.69. The van der Waals surface area contributed by atoms with Gasteiger partial charge in [0.25, 0.3) is 0 Å². The van der Waals surface area contributed by atoms with E-state index < -0.39 is 0 Å². The van der Waals surface area contributed by atoms with Crippen molar-refractivity contribution in [3.05, 3.63) is 60.7 Å². The highest BCUT2D eigenvalue weighted by molar-refractivity contribution is 8.01. The van der Waals surface area contributed by atoms with E-state index in [9.17, 15) is 0 Å². The van der Waals surface area contributed by atoms with Gasteiger partial charge < -0.3 is 0 Å². The molecule has 0 atom stereocenters. The first-order valence-electron chi connectivity index (χ1n) is 8.02. The Morgan fingerprint density at radius 1 is 0.864 bits per heavy atom. The number of nitrogens with zero attached hydrogens (tertiary/aromatic N) is 2. The molecule has 0 amide bonds. The predicted octanol–water partition coefficient (Wildman–Crippen LogP) is 5.83. The van der Waals surface area contributed by atoms with Crippen LogP contribution in [0.25, 0.3) is 0 Å². The second-order valence-corrected chi connectivity index (χ2v) is 6.88. The van der Waals surface area contributed by atoms with Gasteiger partial charge in [-0.2, -0.15) is 0 Å². The van der Waals surface area contributed by atoms with Crippen molar-refractivity contribution in [2.75, 3.05) is 4.31 Å². The van der Waals surface area contributed by atoms with Gasteiger partial charge in [0.2, 0.25) is 0 Å². The van der Waals surface area contributed by atoms with Crippen LogP contribution in [0.4, 0.5) is 11.4 Å². The minimum Gasteiger partial charge on any atom is -0.274 e. The second-order valence-electron chi connectivity index (χ2n) is 5.61. The van der Waals surface area contributed by atoms with Crippen LogP contribution in [0.1, 0.15) is 32.1 Å². The van der Waals surface area contributed by atoms with Gasteiger partial charge in [0.15, 0.2) is 0 Å². The van der Waals surface area contributed by atoms with E-state index in [1.165, 1.54) is 37.8 Å². The Labute approximate surface area is 137 Å². The van der Waals surface area contributed by atoms with Gasteiger partial charge in [-0.1, -0.05) is 55.7 Å². The van der Waals surface area contributed by atoms with Crippen molar-refractivity contribution in [3.8, 4) is 0 Å². The Morgan fingerprint density at radius 3 is 2.18 bits per heavy atom. The molecule has 0 N–H and O–H groups in total. The first-order valence-corrected chi connectivity index (χ1v) is 8.86.